The van der Waals surface area contributed by atoms with Gasteiger partial charge < -0.3 is 15.0 Å². The minimum Gasteiger partial charge on any atom is -0.548 e. The summed E-state index contributed by atoms with van der Waals surface area (Å²) in [7, 11) is 0. The third-order valence-electron chi connectivity index (χ3n) is 4.73. The largest absolute Gasteiger partial charge is 1.00 e. The van der Waals surface area contributed by atoms with Crippen LogP contribution < -0.4 is 40.0 Å². The molecule has 138 valence electrons. The van der Waals surface area contributed by atoms with Crippen molar-refractivity contribution in [2.24, 2.45) is 0 Å². The fourth-order valence-electron chi connectivity index (χ4n) is 3.42. The number of hydrogen-bond acceptors (Lipinski definition) is 4. The Morgan fingerprint density at radius 2 is 1.14 bits per heavy atom. The van der Waals surface area contributed by atoms with E-state index in [1.54, 1.807) is 0 Å². The smallest absolute Gasteiger partial charge is 0.548 e. The van der Waals surface area contributed by atoms with Crippen molar-refractivity contribution >= 4 is 5.97 Å². The van der Waals surface area contributed by atoms with Crippen LogP contribution >= 0.6 is 0 Å². The number of aliphatic hydroxyl groups is 1. The summed E-state index contributed by atoms with van der Waals surface area (Å²) in [6, 6.07) is 27.6. The van der Waals surface area contributed by atoms with Gasteiger partial charge in [-0.1, -0.05) is 91.0 Å². The molecule has 0 amide bonds. The minimum atomic E-state index is -1.35. The molecule has 3 aromatic rings. The van der Waals surface area contributed by atoms with E-state index in [1.807, 2.05) is 91.0 Å². The molecular weight excluding hydrogens is 361 g/mol. The number of aliphatic carboxylic acids is 1. The van der Waals surface area contributed by atoms with Crippen molar-refractivity contribution in [3.05, 3.63) is 108 Å². The number of rotatable bonds is 7. The van der Waals surface area contributed by atoms with Crippen molar-refractivity contribution in [1.82, 2.24) is 5.32 Å². The van der Waals surface area contributed by atoms with Crippen LogP contribution in [-0.4, -0.2) is 23.2 Å². The third kappa shape index (κ3) is 4.54. The zero-order valence-corrected chi connectivity index (χ0v) is 18.1. The molecule has 0 saturated heterocycles. The monoisotopic (exact) mass is 383 g/mol. The number of benzene rings is 3. The molecule has 0 heterocycles. The van der Waals surface area contributed by atoms with E-state index in [2.05, 4.69) is 5.32 Å². The van der Waals surface area contributed by atoms with Crippen LogP contribution in [0.4, 0.5) is 0 Å². The molecular formula is C23H22NNaO3. The average molecular weight is 383 g/mol. The Balaban J connectivity index is 0.00000280. The fourth-order valence-corrected chi connectivity index (χ4v) is 3.42. The number of hydrogen-bond donors (Lipinski definition) is 2. The van der Waals surface area contributed by atoms with E-state index >= 15 is 0 Å². The van der Waals surface area contributed by atoms with Crippen molar-refractivity contribution < 1.29 is 44.6 Å². The summed E-state index contributed by atoms with van der Waals surface area (Å²) >= 11 is 0. The van der Waals surface area contributed by atoms with E-state index in [0.29, 0.717) is 0 Å². The minimum absolute atomic E-state index is 0. The van der Waals surface area contributed by atoms with Gasteiger partial charge in [-0.15, -0.1) is 0 Å². The van der Waals surface area contributed by atoms with Crippen LogP contribution in [0.25, 0.3) is 0 Å². The summed E-state index contributed by atoms with van der Waals surface area (Å²) in [6.45, 7) is 1.44. The average Bonchev–Trinajstić information content (AvgIpc) is 2.70. The zero-order chi connectivity index (χ0) is 19.3. The van der Waals surface area contributed by atoms with Gasteiger partial charge in [0.25, 0.3) is 0 Å². The van der Waals surface area contributed by atoms with Gasteiger partial charge in [0, 0.05) is 0 Å². The molecule has 0 aromatic heterocycles. The molecule has 0 saturated carbocycles. The molecule has 3 rings (SSSR count). The summed E-state index contributed by atoms with van der Waals surface area (Å²) in [5.74, 6) is -1.35. The molecule has 2 atom stereocenters. The predicted octanol–water partition coefficient (Wildman–Crippen LogP) is -0.929. The Kier molecular flexibility index (Phi) is 7.98. The van der Waals surface area contributed by atoms with Gasteiger partial charge in [0.2, 0.25) is 0 Å². The number of nitrogens with one attached hydrogen (secondary N) is 1. The van der Waals surface area contributed by atoms with Crippen molar-refractivity contribution in [2.75, 3.05) is 0 Å². The quantitative estimate of drug-likeness (QED) is 0.409. The number of carboxylic acid groups (broad SMARTS) is 1. The molecule has 4 nitrogen and oxygen atoms in total. The number of carbonyl (C=O) groups excluding carboxylic acids is 1. The van der Waals surface area contributed by atoms with E-state index in [1.165, 1.54) is 6.92 Å². The van der Waals surface area contributed by atoms with Gasteiger partial charge in [-0.05, 0) is 23.6 Å². The first kappa shape index (κ1) is 22.3. The van der Waals surface area contributed by atoms with E-state index in [-0.39, 0.29) is 29.6 Å². The maximum absolute atomic E-state index is 11.8. The molecule has 5 heteroatoms. The standard InChI is InChI=1S/C23H23NO3.Na/c1-17(25)21(22(26)27)24-23(18-11-5-2-6-12-18,19-13-7-3-8-14-19)20-15-9-4-10-16-20;/h2-17,21,24-25H,1H3,(H,26,27);/q;+1/p-1/t17-,21+;/m1./s1. The van der Waals surface area contributed by atoms with Crippen molar-refractivity contribution in [1.29, 1.82) is 0 Å². The Labute approximate surface area is 187 Å². The van der Waals surface area contributed by atoms with Gasteiger partial charge in [-0.25, -0.2) is 0 Å². The predicted molar refractivity (Wildman–Crippen MR) is 103 cm³/mol. The van der Waals surface area contributed by atoms with Crippen LogP contribution in [0.5, 0.6) is 0 Å². The summed E-state index contributed by atoms with van der Waals surface area (Å²) in [5, 5.41) is 25.1. The Bertz CT molecular complexity index is 773. The molecule has 0 radical (unpaired) electrons. The van der Waals surface area contributed by atoms with E-state index in [0.717, 1.165) is 16.7 Å². The molecule has 3 aromatic carbocycles. The van der Waals surface area contributed by atoms with E-state index in [9.17, 15) is 15.0 Å². The van der Waals surface area contributed by atoms with Gasteiger partial charge in [-0.3, -0.25) is 5.32 Å². The number of carboxylic acids is 1. The second-order valence-corrected chi connectivity index (χ2v) is 6.53. The Morgan fingerprint density at radius 3 is 1.39 bits per heavy atom. The van der Waals surface area contributed by atoms with Gasteiger partial charge >= 0.3 is 29.6 Å². The van der Waals surface area contributed by atoms with Gasteiger partial charge in [0.1, 0.15) is 0 Å². The van der Waals surface area contributed by atoms with Crippen LogP contribution in [-0.2, 0) is 10.3 Å². The van der Waals surface area contributed by atoms with Gasteiger partial charge in [-0.2, -0.15) is 0 Å². The molecule has 0 fully saturated rings. The summed E-state index contributed by atoms with van der Waals surface area (Å²) in [4.78, 5) is 11.8. The molecule has 0 aliphatic heterocycles. The topological polar surface area (TPSA) is 72.4 Å². The van der Waals surface area contributed by atoms with Crippen molar-refractivity contribution in [3.8, 4) is 0 Å². The molecule has 2 N–H and O–H groups in total. The number of carbonyl (C=O) groups is 1. The fraction of sp³-hybridized carbons (Fsp3) is 0.174. The van der Waals surface area contributed by atoms with Crippen molar-refractivity contribution in [2.45, 2.75) is 24.6 Å². The molecule has 0 bridgehead atoms. The third-order valence-corrected chi connectivity index (χ3v) is 4.73. The summed E-state index contributed by atoms with van der Waals surface area (Å²) in [6.07, 6.45) is -1.13. The van der Waals surface area contributed by atoms with Crippen LogP contribution in [0.1, 0.15) is 23.6 Å². The maximum atomic E-state index is 11.8. The first-order chi connectivity index (χ1) is 13.1. The molecule has 0 aliphatic carbocycles. The maximum Gasteiger partial charge on any atom is 1.00 e. The van der Waals surface area contributed by atoms with Crippen LogP contribution in [0.3, 0.4) is 0 Å². The molecule has 0 aliphatic rings. The Hall–Kier alpha value is -1.95. The summed E-state index contributed by atoms with van der Waals surface area (Å²) in [5.41, 5.74) is 1.64. The van der Waals surface area contributed by atoms with Crippen molar-refractivity contribution in [3.63, 3.8) is 0 Å². The first-order valence-electron chi connectivity index (χ1n) is 8.89. The summed E-state index contributed by atoms with van der Waals surface area (Å²) < 4.78 is 0. The van der Waals surface area contributed by atoms with E-state index in [4.69, 9.17) is 0 Å². The second-order valence-electron chi connectivity index (χ2n) is 6.53. The van der Waals surface area contributed by atoms with Gasteiger partial charge in [0.15, 0.2) is 0 Å². The number of aliphatic hydroxyl groups excluding tert-OH is 1. The van der Waals surface area contributed by atoms with Crippen LogP contribution in [0.2, 0.25) is 0 Å². The van der Waals surface area contributed by atoms with Crippen LogP contribution in [0, 0.1) is 0 Å². The SMILES string of the molecule is C[C@@H](O)[C@H](NC(c1ccccc1)(c1ccccc1)c1ccccc1)C(=O)[O-].[Na+]. The second kappa shape index (κ2) is 10.0. The molecule has 0 spiro atoms. The molecule has 28 heavy (non-hydrogen) atoms. The van der Waals surface area contributed by atoms with E-state index < -0.39 is 23.7 Å². The van der Waals surface area contributed by atoms with Gasteiger partial charge in [0.05, 0.1) is 23.7 Å². The molecule has 0 unspecified atom stereocenters. The zero-order valence-electron chi connectivity index (χ0n) is 16.1. The van der Waals surface area contributed by atoms with Crippen LogP contribution in [0.15, 0.2) is 91.0 Å². The first-order valence-corrected chi connectivity index (χ1v) is 8.89. The normalized spacial score (nSPS) is 13.2. The Morgan fingerprint density at radius 1 is 0.821 bits per heavy atom.